The van der Waals surface area contributed by atoms with Crippen LogP contribution < -0.4 is 0 Å². The number of ether oxygens (including phenoxy) is 1. The highest BCUT2D eigenvalue weighted by atomic mass is 16.6. The van der Waals surface area contributed by atoms with E-state index in [4.69, 9.17) is 4.74 Å². The third kappa shape index (κ3) is 4.43. The molecule has 1 aromatic carbocycles. The third-order valence-corrected chi connectivity index (χ3v) is 5.51. The largest absolute Gasteiger partial charge is 0.444 e. The molecular formula is C20H27N3O5. The smallest absolute Gasteiger partial charge is 0.410 e. The van der Waals surface area contributed by atoms with Crippen LogP contribution in [0.15, 0.2) is 24.3 Å². The molecule has 2 saturated heterocycles. The molecule has 0 unspecified atom stereocenters. The van der Waals surface area contributed by atoms with Crippen LogP contribution in [0.5, 0.6) is 0 Å². The zero-order chi connectivity index (χ0) is 20.5. The number of carbonyl (C=O) groups excluding carboxylic acids is 2. The summed E-state index contributed by atoms with van der Waals surface area (Å²) in [6.45, 7) is 8.07. The molecule has 2 aliphatic heterocycles. The zero-order valence-electron chi connectivity index (χ0n) is 16.6. The van der Waals surface area contributed by atoms with Gasteiger partial charge in [0.1, 0.15) is 5.60 Å². The number of non-ortho nitro benzene ring substituents is 1. The maximum Gasteiger partial charge on any atom is 0.410 e. The van der Waals surface area contributed by atoms with Gasteiger partial charge in [-0.25, -0.2) is 4.79 Å². The van der Waals surface area contributed by atoms with Crippen molar-refractivity contribution in [3.63, 3.8) is 0 Å². The number of likely N-dealkylation sites (tertiary alicyclic amines) is 2. The number of piperidine rings is 1. The number of nitrogens with zero attached hydrogens (tertiary/aromatic N) is 3. The van der Waals surface area contributed by atoms with Crippen molar-refractivity contribution in [1.29, 1.82) is 0 Å². The molecule has 0 aromatic heterocycles. The molecular weight excluding hydrogens is 362 g/mol. The number of amides is 2. The first-order valence-electron chi connectivity index (χ1n) is 9.60. The van der Waals surface area contributed by atoms with E-state index in [2.05, 4.69) is 0 Å². The first-order valence-corrected chi connectivity index (χ1v) is 9.60. The molecule has 2 aliphatic rings. The van der Waals surface area contributed by atoms with Gasteiger partial charge < -0.3 is 14.5 Å². The van der Waals surface area contributed by atoms with E-state index in [1.165, 1.54) is 18.2 Å². The predicted molar refractivity (Wildman–Crippen MR) is 103 cm³/mol. The molecule has 0 atom stereocenters. The van der Waals surface area contributed by atoms with Crippen molar-refractivity contribution in [3.05, 3.63) is 39.9 Å². The van der Waals surface area contributed by atoms with Gasteiger partial charge in [0.25, 0.3) is 11.6 Å². The van der Waals surface area contributed by atoms with Crippen molar-refractivity contribution in [1.82, 2.24) is 9.80 Å². The third-order valence-electron chi connectivity index (χ3n) is 5.51. The maximum absolute atomic E-state index is 12.7. The molecule has 8 heteroatoms. The number of rotatable bonds is 2. The second-order valence-corrected chi connectivity index (χ2v) is 8.75. The first kappa shape index (κ1) is 20.1. The van der Waals surface area contributed by atoms with Crippen molar-refractivity contribution >= 4 is 17.7 Å². The minimum Gasteiger partial charge on any atom is -0.444 e. The summed E-state index contributed by atoms with van der Waals surface area (Å²) >= 11 is 0. The van der Waals surface area contributed by atoms with Gasteiger partial charge in [-0.2, -0.15) is 0 Å². The summed E-state index contributed by atoms with van der Waals surface area (Å²) in [5, 5.41) is 10.9. The standard InChI is InChI=1S/C20H27N3O5/c1-19(2,3)28-18(25)22-12-9-20(14-22)7-10-21(11-8-20)17(24)15-5-4-6-16(13-15)23(26)27/h4-6,13H,7-12,14H2,1-3H3. The molecule has 0 N–H and O–H groups in total. The molecule has 2 amide bonds. The highest BCUT2D eigenvalue weighted by Crippen LogP contribution is 2.41. The van der Waals surface area contributed by atoms with Crippen LogP contribution in [0.4, 0.5) is 10.5 Å². The van der Waals surface area contributed by atoms with Crippen molar-refractivity contribution in [3.8, 4) is 0 Å². The molecule has 0 saturated carbocycles. The fourth-order valence-corrected chi connectivity index (χ4v) is 3.94. The zero-order valence-corrected chi connectivity index (χ0v) is 16.6. The average molecular weight is 389 g/mol. The Morgan fingerprint density at radius 3 is 2.29 bits per heavy atom. The van der Waals surface area contributed by atoms with Gasteiger partial charge in [-0.3, -0.25) is 14.9 Å². The van der Waals surface area contributed by atoms with Gasteiger partial charge in [0, 0.05) is 43.9 Å². The van der Waals surface area contributed by atoms with Gasteiger partial charge in [0.15, 0.2) is 0 Å². The van der Waals surface area contributed by atoms with Crippen molar-refractivity contribution in [2.24, 2.45) is 5.41 Å². The molecule has 152 valence electrons. The monoisotopic (exact) mass is 389 g/mol. The van der Waals surface area contributed by atoms with Crippen molar-refractivity contribution in [2.75, 3.05) is 26.2 Å². The fraction of sp³-hybridized carbons (Fsp3) is 0.600. The quantitative estimate of drug-likeness (QED) is 0.570. The van der Waals surface area contributed by atoms with E-state index in [0.29, 0.717) is 31.7 Å². The lowest BCUT2D eigenvalue weighted by Crippen LogP contribution is -2.45. The molecule has 0 radical (unpaired) electrons. The molecule has 0 bridgehead atoms. The lowest BCUT2D eigenvalue weighted by atomic mass is 9.77. The Morgan fingerprint density at radius 1 is 1.11 bits per heavy atom. The fourth-order valence-electron chi connectivity index (χ4n) is 3.94. The van der Waals surface area contributed by atoms with Gasteiger partial charge in [-0.1, -0.05) is 6.07 Å². The lowest BCUT2D eigenvalue weighted by Gasteiger charge is -2.39. The van der Waals surface area contributed by atoms with Gasteiger partial charge in [0.05, 0.1) is 4.92 Å². The van der Waals surface area contributed by atoms with E-state index in [9.17, 15) is 19.7 Å². The minimum atomic E-state index is -0.513. The Kier molecular flexibility index (Phi) is 5.32. The number of nitro groups is 1. The summed E-state index contributed by atoms with van der Waals surface area (Å²) in [4.78, 5) is 39.0. The predicted octanol–water partition coefficient (Wildman–Crippen LogP) is 3.46. The van der Waals surface area contributed by atoms with Gasteiger partial charge >= 0.3 is 6.09 Å². The second-order valence-electron chi connectivity index (χ2n) is 8.75. The Hall–Kier alpha value is -2.64. The number of benzene rings is 1. The molecule has 0 aliphatic carbocycles. The Labute approximate surface area is 164 Å². The van der Waals surface area contributed by atoms with Crippen molar-refractivity contribution in [2.45, 2.75) is 45.6 Å². The van der Waals surface area contributed by atoms with Crippen LogP contribution in [0.2, 0.25) is 0 Å². The van der Waals surface area contributed by atoms with Gasteiger partial charge in [-0.15, -0.1) is 0 Å². The lowest BCUT2D eigenvalue weighted by molar-refractivity contribution is -0.384. The molecule has 1 spiro atoms. The van der Waals surface area contributed by atoms with Crippen LogP contribution in [0.1, 0.15) is 50.4 Å². The number of nitro benzene ring substituents is 1. The summed E-state index contributed by atoms with van der Waals surface area (Å²) in [5.41, 5.74) is -0.229. The van der Waals surface area contributed by atoms with Gasteiger partial charge in [0.2, 0.25) is 0 Å². The normalized spacial score (nSPS) is 19.0. The number of hydrogen-bond acceptors (Lipinski definition) is 5. The Morgan fingerprint density at radius 2 is 1.71 bits per heavy atom. The van der Waals surface area contributed by atoms with E-state index >= 15 is 0 Å². The number of hydrogen-bond donors (Lipinski definition) is 0. The summed E-state index contributed by atoms with van der Waals surface area (Å²) in [7, 11) is 0. The topological polar surface area (TPSA) is 93.0 Å². The second kappa shape index (κ2) is 7.41. The summed E-state index contributed by atoms with van der Waals surface area (Å²) in [6.07, 6.45) is 2.25. The summed E-state index contributed by atoms with van der Waals surface area (Å²) in [6, 6.07) is 5.85. The van der Waals surface area contributed by atoms with E-state index in [1.54, 1.807) is 15.9 Å². The van der Waals surface area contributed by atoms with Crippen LogP contribution in [0.3, 0.4) is 0 Å². The van der Waals surface area contributed by atoms with Crippen LogP contribution in [-0.2, 0) is 4.74 Å². The number of carbonyl (C=O) groups is 2. The summed E-state index contributed by atoms with van der Waals surface area (Å²) < 4.78 is 5.47. The van der Waals surface area contributed by atoms with E-state index < -0.39 is 10.5 Å². The Bertz CT molecular complexity index is 778. The van der Waals surface area contributed by atoms with E-state index in [0.717, 1.165) is 19.3 Å². The van der Waals surface area contributed by atoms with Crippen LogP contribution in [0, 0.1) is 15.5 Å². The molecule has 28 heavy (non-hydrogen) atoms. The molecule has 2 heterocycles. The molecule has 1 aromatic rings. The van der Waals surface area contributed by atoms with Crippen molar-refractivity contribution < 1.29 is 19.2 Å². The summed E-state index contributed by atoms with van der Waals surface area (Å²) in [5.74, 6) is -0.180. The highest BCUT2D eigenvalue weighted by molar-refractivity contribution is 5.94. The maximum atomic E-state index is 12.7. The van der Waals surface area contributed by atoms with Gasteiger partial charge in [-0.05, 0) is 51.5 Å². The van der Waals surface area contributed by atoms with E-state index in [1.807, 2.05) is 20.8 Å². The van der Waals surface area contributed by atoms with Crippen LogP contribution in [-0.4, -0.2) is 58.5 Å². The average Bonchev–Trinajstić information content (AvgIpc) is 3.04. The molecule has 3 rings (SSSR count). The first-order chi connectivity index (χ1) is 13.1. The van der Waals surface area contributed by atoms with Crippen LogP contribution >= 0.6 is 0 Å². The Balaban J connectivity index is 1.59. The highest BCUT2D eigenvalue weighted by Gasteiger charge is 2.43. The molecule has 2 fully saturated rings. The minimum absolute atomic E-state index is 0.0242. The molecule has 8 nitrogen and oxygen atoms in total. The van der Waals surface area contributed by atoms with E-state index in [-0.39, 0.29) is 23.1 Å². The SMILES string of the molecule is CC(C)(C)OC(=O)N1CCC2(CCN(C(=O)c3cccc([N+](=O)[O-])c3)CC2)C1. The van der Waals surface area contributed by atoms with Crippen LogP contribution in [0.25, 0.3) is 0 Å².